The number of nitrogens with one attached hydrogen (secondary N) is 1. The second-order valence-corrected chi connectivity index (χ2v) is 6.69. The fraction of sp³-hybridized carbons (Fsp3) is 0.0833. The van der Waals surface area contributed by atoms with E-state index in [2.05, 4.69) is 17.2 Å². The van der Waals surface area contributed by atoms with Crippen molar-refractivity contribution in [1.82, 2.24) is 0 Å². The maximum Gasteiger partial charge on any atom is 0.244 e. The van der Waals surface area contributed by atoms with Crippen molar-refractivity contribution in [3.05, 3.63) is 100 Å². The van der Waals surface area contributed by atoms with E-state index < -0.39 is 5.92 Å². The highest BCUT2D eigenvalue weighted by Gasteiger charge is 2.18. The fourth-order valence-corrected chi connectivity index (χ4v) is 2.94. The molecule has 1 unspecified atom stereocenters. The van der Waals surface area contributed by atoms with Crippen LogP contribution in [0.25, 0.3) is 0 Å². The van der Waals surface area contributed by atoms with Crippen LogP contribution in [-0.2, 0) is 4.79 Å². The summed E-state index contributed by atoms with van der Waals surface area (Å²) in [5, 5.41) is 12.1. The molecule has 0 aliphatic carbocycles. The molecule has 0 aliphatic rings. The molecular weight excluding hydrogens is 368 g/mol. The molecule has 0 aliphatic heterocycles. The number of benzene rings is 3. The van der Waals surface area contributed by atoms with Gasteiger partial charge in [0.2, 0.25) is 5.91 Å². The quantitative estimate of drug-likeness (QED) is 0.623. The van der Waals surface area contributed by atoms with Gasteiger partial charge in [0.15, 0.2) is 0 Å². The van der Waals surface area contributed by atoms with Crippen LogP contribution in [-0.4, -0.2) is 5.91 Å². The van der Waals surface area contributed by atoms with Crippen LogP contribution >= 0.6 is 11.6 Å². The number of rotatable bonds is 3. The Balaban J connectivity index is 1.90. The first-order valence-corrected chi connectivity index (χ1v) is 9.08. The predicted molar refractivity (Wildman–Crippen MR) is 112 cm³/mol. The van der Waals surface area contributed by atoms with Gasteiger partial charge in [-0.15, -0.1) is 0 Å². The van der Waals surface area contributed by atoms with Crippen molar-refractivity contribution in [2.45, 2.75) is 12.8 Å². The third-order valence-electron chi connectivity index (χ3n) is 4.13. The van der Waals surface area contributed by atoms with Crippen molar-refractivity contribution in [3.63, 3.8) is 0 Å². The first-order chi connectivity index (χ1) is 13.6. The number of hydrogen-bond donors (Lipinski definition) is 1. The molecule has 4 heteroatoms. The Bertz CT molecular complexity index is 1100. The molecule has 0 fully saturated rings. The highest BCUT2D eigenvalue weighted by atomic mass is 35.5. The van der Waals surface area contributed by atoms with E-state index in [4.69, 9.17) is 16.9 Å². The van der Waals surface area contributed by atoms with Crippen molar-refractivity contribution in [1.29, 1.82) is 5.26 Å². The molecule has 0 spiro atoms. The number of nitrogens with zero attached hydrogens (tertiary/aromatic N) is 1. The van der Waals surface area contributed by atoms with Crippen LogP contribution in [0.1, 0.15) is 28.2 Å². The molecule has 1 atom stereocenters. The van der Waals surface area contributed by atoms with E-state index in [0.717, 1.165) is 16.7 Å². The highest BCUT2D eigenvalue weighted by Crippen LogP contribution is 2.23. The van der Waals surface area contributed by atoms with Gasteiger partial charge in [-0.25, -0.2) is 0 Å². The smallest absolute Gasteiger partial charge is 0.244 e. The molecule has 0 bridgehead atoms. The number of carbonyl (C=O) groups is 1. The summed E-state index contributed by atoms with van der Waals surface area (Å²) in [5.74, 6) is 5.29. The van der Waals surface area contributed by atoms with Crippen LogP contribution in [0.3, 0.4) is 0 Å². The first kappa shape index (κ1) is 19.2. The van der Waals surface area contributed by atoms with E-state index in [0.29, 0.717) is 16.3 Å². The standard InChI is InChI=1S/C24H17ClN2O/c1-17-6-5-7-18(14-17)10-13-22(19-8-3-2-4-9-19)24(28)27-21-12-11-20(16-26)23(25)15-21/h2-9,11-12,14-15,22H,1H3,(H,27,28). The molecule has 0 saturated heterocycles. The van der Waals surface area contributed by atoms with Crippen LogP contribution in [0.4, 0.5) is 5.69 Å². The lowest BCUT2D eigenvalue weighted by atomic mass is 9.98. The highest BCUT2D eigenvalue weighted by molar-refractivity contribution is 6.32. The van der Waals surface area contributed by atoms with Crippen molar-refractivity contribution in [3.8, 4) is 17.9 Å². The normalized spacial score (nSPS) is 10.9. The minimum atomic E-state index is -0.642. The maximum absolute atomic E-state index is 12.9. The molecule has 1 amide bonds. The Hall–Kier alpha value is -3.53. The van der Waals surface area contributed by atoms with Crippen LogP contribution in [0.15, 0.2) is 72.8 Å². The van der Waals surface area contributed by atoms with E-state index in [9.17, 15) is 4.79 Å². The number of amides is 1. The molecule has 3 aromatic carbocycles. The molecule has 0 aromatic heterocycles. The van der Waals surface area contributed by atoms with Gasteiger partial charge in [0, 0.05) is 11.3 Å². The van der Waals surface area contributed by atoms with E-state index in [1.54, 1.807) is 18.2 Å². The number of halogens is 1. The van der Waals surface area contributed by atoms with E-state index in [-0.39, 0.29) is 5.91 Å². The largest absolute Gasteiger partial charge is 0.325 e. The minimum absolute atomic E-state index is 0.257. The number of hydrogen-bond acceptors (Lipinski definition) is 2. The Kier molecular flexibility index (Phi) is 6.12. The van der Waals surface area contributed by atoms with Crippen LogP contribution < -0.4 is 5.32 Å². The summed E-state index contributed by atoms with van der Waals surface area (Å²) in [6.45, 7) is 2.00. The first-order valence-electron chi connectivity index (χ1n) is 8.70. The zero-order valence-electron chi connectivity index (χ0n) is 15.2. The van der Waals surface area contributed by atoms with Crippen molar-refractivity contribution >= 4 is 23.2 Å². The monoisotopic (exact) mass is 384 g/mol. The summed E-state index contributed by atoms with van der Waals surface area (Å²) in [7, 11) is 0. The molecule has 0 radical (unpaired) electrons. The van der Waals surface area contributed by atoms with Gasteiger partial charge in [0.1, 0.15) is 12.0 Å². The van der Waals surface area contributed by atoms with E-state index in [1.165, 1.54) is 0 Å². The van der Waals surface area contributed by atoms with Crippen LogP contribution in [0.5, 0.6) is 0 Å². The maximum atomic E-state index is 12.9. The van der Waals surface area contributed by atoms with Gasteiger partial charge >= 0.3 is 0 Å². The molecule has 28 heavy (non-hydrogen) atoms. The Labute approximate surface area is 169 Å². The minimum Gasteiger partial charge on any atom is -0.325 e. The molecular formula is C24H17ClN2O. The molecule has 3 aromatic rings. The van der Waals surface area contributed by atoms with Gasteiger partial charge in [-0.1, -0.05) is 65.9 Å². The third kappa shape index (κ3) is 4.80. The van der Waals surface area contributed by atoms with Gasteiger partial charge in [0.05, 0.1) is 10.6 Å². The second-order valence-electron chi connectivity index (χ2n) is 6.28. The summed E-state index contributed by atoms with van der Waals surface area (Å²) in [4.78, 5) is 12.9. The Morgan fingerprint density at radius 1 is 1.04 bits per heavy atom. The van der Waals surface area contributed by atoms with Crippen molar-refractivity contribution in [2.75, 3.05) is 5.32 Å². The fourth-order valence-electron chi connectivity index (χ4n) is 2.72. The zero-order valence-corrected chi connectivity index (χ0v) is 16.0. The van der Waals surface area contributed by atoms with Crippen molar-refractivity contribution in [2.24, 2.45) is 0 Å². The second kappa shape index (κ2) is 8.91. The number of nitriles is 1. The summed E-state index contributed by atoms with van der Waals surface area (Å²) < 4.78 is 0. The average molecular weight is 385 g/mol. The molecule has 0 saturated carbocycles. The lowest BCUT2D eigenvalue weighted by molar-refractivity contribution is -0.116. The summed E-state index contributed by atoms with van der Waals surface area (Å²) >= 11 is 6.06. The molecule has 1 N–H and O–H groups in total. The number of carbonyl (C=O) groups excluding carboxylic acids is 1. The SMILES string of the molecule is Cc1cccc(C#CC(C(=O)Nc2ccc(C#N)c(Cl)c2)c2ccccc2)c1. The van der Waals surface area contributed by atoms with Gasteiger partial charge in [-0.3, -0.25) is 4.79 Å². The van der Waals surface area contributed by atoms with Gasteiger partial charge in [-0.05, 0) is 48.4 Å². The van der Waals surface area contributed by atoms with Gasteiger partial charge in [-0.2, -0.15) is 5.26 Å². The average Bonchev–Trinajstić information content (AvgIpc) is 2.69. The molecule has 3 nitrogen and oxygen atoms in total. The van der Waals surface area contributed by atoms with Crippen LogP contribution in [0, 0.1) is 30.1 Å². The lowest BCUT2D eigenvalue weighted by Crippen LogP contribution is -2.20. The molecule has 0 heterocycles. The van der Waals surface area contributed by atoms with Crippen molar-refractivity contribution < 1.29 is 4.79 Å². The van der Waals surface area contributed by atoms with Gasteiger partial charge in [0.25, 0.3) is 0 Å². The zero-order chi connectivity index (χ0) is 19.9. The van der Waals surface area contributed by atoms with Gasteiger partial charge < -0.3 is 5.32 Å². The molecule has 3 rings (SSSR count). The predicted octanol–water partition coefficient (Wildman–Crippen LogP) is 5.29. The third-order valence-corrected chi connectivity index (χ3v) is 4.44. The summed E-state index contributed by atoms with van der Waals surface area (Å²) in [6.07, 6.45) is 0. The Morgan fingerprint density at radius 3 is 2.50 bits per heavy atom. The topological polar surface area (TPSA) is 52.9 Å². The Morgan fingerprint density at radius 2 is 1.82 bits per heavy atom. The number of aryl methyl sites for hydroxylation is 1. The van der Waals surface area contributed by atoms with E-state index >= 15 is 0 Å². The summed E-state index contributed by atoms with van der Waals surface area (Å²) in [6, 6.07) is 24.0. The lowest BCUT2D eigenvalue weighted by Gasteiger charge is -2.12. The number of anilines is 1. The summed E-state index contributed by atoms with van der Waals surface area (Å²) in [5.41, 5.74) is 3.65. The molecule has 136 valence electrons. The van der Waals surface area contributed by atoms with Crippen LogP contribution in [0.2, 0.25) is 5.02 Å². The van der Waals surface area contributed by atoms with E-state index in [1.807, 2.05) is 67.6 Å².